The first-order valence-corrected chi connectivity index (χ1v) is 5.05. The minimum Gasteiger partial charge on any atom is -0.300 e. The smallest absolute Gasteiger partial charge is 0.0123 e. The van der Waals surface area contributed by atoms with E-state index in [0.29, 0.717) is 6.04 Å². The summed E-state index contributed by atoms with van der Waals surface area (Å²) < 4.78 is 1.24. The second kappa shape index (κ2) is 5.47. The van der Waals surface area contributed by atoms with E-state index in [2.05, 4.69) is 48.3 Å². The molecule has 0 heterocycles. The van der Waals surface area contributed by atoms with E-state index in [1.165, 1.54) is 17.5 Å². The number of alkyl halides is 1. The Labute approximate surface area is 72.0 Å². The summed E-state index contributed by atoms with van der Waals surface area (Å²) in [6.45, 7) is 9.12. The van der Waals surface area contributed by atoms with Gasteiger partial charge in [0.05, 0.1) is 0 Å². The van der Waals surface area contributed by atoms with Gasteiger partial charge in [-0.05, 0) is 20.4 Å². The highest BCUT2D eigenvalue weighted by Crippen LogP contribution is 1.97. The lowest BCUT2D eigenvalue weighted by atomic mass is 10.3. The maximum Gasteiger partial charge on any atom is 0.0123 e. The molecule has 0 rings (SSSR count). The molecule has 0 aliphatic heterocycles. The molecule has 0 N–H and O–H groups in total. The van der Waals surface area contributed by atoms with Crippen LogP contribution in [-0.4, -0.2) is 28.5 Å². The molecule has 0 saturated heterocycles. The summed E-state index contributed by atoms with van der Waals surface area (Å²) >= 11 is 2.42. The van der Waals surface area contributed by atoms with Crippen molar-refractivity contribution in [3.8, 4) is 0 Å². The Morgan fingerprint density at radius 2 is 2.00 bits per heavy atom. The molecule has 0 unspecified atom stereocenters. The molecule has 0 bridgehead atoms. The molecule has 1 nitrogen and oxygen atoms in total. The van der Waals surface area contributed by atoms with Gasteiger partial charge in [-0.1, -0.05) is 29.5 Å². The lowest BCUT2D eigenvalue weighted by Crippen LogP contribution is -2.32. The first-order chi connectivity index (χ1) is 4.22. The number of halogens is 1. The van der Waals surface area contributed by atoms with Gasteiger partial charge in [0, 0.05) is 17.0 Å². The maximum atomic E-state index is 2.46. The minimum absolute atomic E-state index is 0.713. The lowest BCUT2D eigenvalue weighted by Gasteiger charge is -2.23. The average molecular weight is 241 g/mol. The van der Waals surface area contributed by atoms with E-state index in [1.54, 1.807) is 0 Å². The van der Waals surface area contributed by atoms with Crippen LogP contribution in [0, 0.1) is 0 Å². The summed E-state index contributed by atoms with van der Waals surface area (Å²) in [5, 5.41) is 0. The molecule has 9 heavy (non-hydrogen) atoms. The van der Waals surface area contributed by atoms with E-state index < -0.39 is 0 Å². The van der Waals surface area contributed by atoms with Crippen molar-refractivity contribution >= 4 is 22.6 Å². The van der Waals surface area contributed by atoms with Gasteiger partial charge < -0.3 is 4.90 Å². The predicted molar refractivity (Wildman–Crippen MR) is 51.3 cm³/mol. The molecule has 0 radical (unpaired) electrons. The Bertz CT molecular complexity index is 63.9. The number of hydrogen-bond acceptors (Lipinski definition) is 1. The van der Waals surface area contributed by atoms with Crippen LogP contribution in [-0.2, 0) is 0 Å². The van der Waals surface area contributed by atoms with Crippen LogP contribution in [0.5, 0.6) is 0 Å². The Morgan fingerprint density at radius 1 is 1.44 bits per heavy atom. The van der Waals surface area contributed by atoms with Crippen LogP contribution in [0.1, 0.15) is 20.8 Å². The first kappa shape index (κ1) is 9.69. The zero-order chi connectivity index (χ0) is 7.28. The molecular weight excluding hydrogens is 225 g/mol. The van der Waals surface area contributed by atoms with Gasteiger partial charge in [-0.2, -0.15) is 0 Å². The molecule has 56 valence electrons. The lowest BCUT2D eigenvalue weighted by molar-refractivity contribution is 0.250. The highest BCUT2D eigenvalue weighted by molar-refractivity contribution is 14.1. The van der Waals surface area contributed by atoms with Crippen molar-refractivity contribution in [3.05, 3.63) is 0 Å². The van der Waals surface area contributed by atoms with Crippen LogP contribution < -0.4 is 0 Å². The Morgan fingerprint density at radius 3 is 2.11 bits per heavy atom. The predicted octanol–water partition coefficient (Wildman–Crippen LogP) is 2.15. The van der Waals surface area contributed by atoms with E-state index in [1.807, 2.05) is 0 Å². The van der Waals surface area contributed by atoms with Crippen LogP contribution in [0.25, 0.3) is 0 Å². The van der Waals surface area contributed by atoms with E-state index in [4.69, 9.17) is 0 Å². The summed E-state index contributed by atoms with van der Waals surface area (Å²) in [7, 11) is 0. The fourth-order valence-corrected chi connectivity index (χ4v) is 1.51. The van der Waals surface area contributed by atoms with Gasteiger partial charge in [0.2, 0.25) is 0 Å². The van der Waals surface area contributed by atoms with Crippen molar-refractivity contribution in [2.75, 3.05) is 17.5 Å². The van der Waals surface area contributed by atoms with Gasteiger partial charge in [0.1, 0.15) is 0 Å². The van der Waals surface area contributed by atoms with Gasteiger partial charge in [-0.25, -0.2) is 0 Å². The Balaban J connectivity index is 3.41. The van der Waals surface area contributed by atoms with Gasteiger partial charge in [-0.3, -0.25) is 0 Å². The van der Waals surface area contributed by atoms with Crippen molar-refractivity contribution in [1.29, 1.82) is 0 Å². The molecule has 0 spiro atoms. The summed E-state index contributed by atoms with van der Waals surface area (Å²) in [5.41, 5.74) is 0. The van der Waals surface area contributed by atoms with E-state index >= 15 is 0 Å². The minimum atomic E-state index is 0.713. The molecule has 0 aromatic carbocycles. The highest BCUT2D eigenvalue weighted by Gasteiger charge is 2.03. The van der Waals surface area contributed by atoms with Gasteiger partial charge in [0.25, 0.3) is 0 Å². The largest absolute Gasteiger partial charge is 0.300 e. The second-order valence-electron chi connectivity index (χ2n) is 2.41. The van der Waals surface area contributed by atoms with Gasteiger partial charge >= 0.3 is 0 Å². The molecule has 0 atom stereocenters. The highest BCUT2D eigenvalue weighted by atomic mass is 127. The molecule has 0 aromatic heterocycles. The fourth-order valence-electron chi connectivity index (χ4n) is 0.890. The molecule has 0 aromatic rings. The van der Waals surface area contributed by atoms with Crippen molar-refractivity contribution in [3.63, 3.8) is 0 Å². The SMILES string of the molecule is CCN(CCI)C(C)C. The molecule has 0 fully saturated rings. The van der Waals surface area contributed by atoms with Crippen LogP contribution in [0.15, 0.2) is 0 Å². The fraction of sp³-hybridized carbons (Fsp3) is 1.00. The third-order valence-corrected chi connectivity index (χ3v) is 1.99. The van der Waals surface area contributed by atoms with Crippen molar-refractivity contribution in [1.82, 2.24) is 4.90 Å². The Kier molecular flexibility index (Phi) is 5.89. The normalized spacial score (nSPS) is 11.3. The third-order valence-electron chi connectivity index (χ3n) is 1.51. The maximum absolute atomic E-state index is 2.46. The van der Waals surface area contributed by atoms with Crippen LogP contribution in [0.3, 0.4) is 0 Å². The molecule has 0 saturated carbocycles. The van der Waals surface area contributed by atoms with E-state index in [0.717, 1.165) is 0 Å². The zero-order valence-electron chi connectivity index (χ0n) is 6.52. The van der Waals surface area contributed by atoms with Crippen molar-refractivity contribution in [2.24, 2.45) is 0 Å². The van der Waals surface area contributed by atoms with Gasteiger partial charge in [-0.15, -0.1) is 0 Å². The second-order valence-corrected chi connectivity index (χ2v) is 3.49. The monoisotopic (exact) mass is 241 g/mol. The quantitative estimate of drug-likeness (QED) is 0.538. The summed E-state index contributed by atoms with van der Waals surface area (Å²) in [5.74, 6) is 0. The van der Waals surface area contributed by atoms with Crippen LogP contribution in [0.2, 0.25) is 0 Å². The summed E-state index contributed by atoms with van der Waals surface area (Å²) in [4.78, 5) is 2.46. The number of rotatable bonds is 4. The number of hydrogen-bond donors (Lipinski definition) is 0. The molecule has 0 aliphatic carbocycles. The zero-order valence-corrected chi connectivity index (χ0v) is 8.68. The van der Waals surface area contributed by atoms with Gasteiger partial charge in [0.15, 0.2) is 0 Å². The van der Waals surface area contributed by atoms with Crippen molar-refractivity contribution < 1.29 is 0 Å². The van der Waals surface area contributed by atoms with Crippen LogP contribution >= 0.6 is 22.6 Å². The summed E-state index contributed by atoms with van der Waals surface area (Å²) in [6, 6.07) is 0.713. The molecule has 2 heteroatoms. The topological polar surface area (TPSA) is 3.24 Å². The van der Waals surface area contributed by atoms with Crippen LogP contribution in [0.4, 0.5) is 0 Å². The standard InChI is InChI=1S/C7H16IN/c1-4-9(6-5-8)7(2)3/h7H,4-6H2,1-3H3. The Hall–Kier alpha value is 0.690. The summed E-state index contributed by atoms with van der Waals surface area (Å²) in [6.07, 6.45) is 0. The number of nitrogens with zero attached hydrogens (tertiary/aromatic N) is 1. The molecule has 0 aliphatic rings. The van der Waals surface area contributed by atoms with E-state index in [9.17, 15) is 0 Å². The molecule has 0 amide bonds. The third kappa shape index (κ3) is 4.14. The van der Waals surface area contributed by atoms with E-state index in [-0.39, 0.29) is 0 Å². The molecular formula is C7H16IN. The first-order valence-electron chi connectivity index (χ1n) is 3.52. The van der Waals surface area contributed by atoms with Crippen molar-refractivity contribution in [2.45, 2.75) is 26.8 Å². The average Bonchev–Trinajstić information content (AvgIpc) is 1.82.